The molecule has 5 nitrogen and oxygen atoms in total. The van der Waals surface area contributed by atoms with E-state index < -0.39 is 17.6 Å². The van der Waals surface area contributed by atoms with Crippen LogP contribution < -0.4 is 15.8 Å². The molecule has 0 aliphatic carbocycles. The van der Waals surface area contributed by atoms with Crippen molar-refractivity contribution in [2.75, 3.05) is 11.9 Å². The molecule has 6 heteroatoms. The molecule has 0 radical (unpaired) electrons. The maximum atomic E-state index is 13.7. The van der Waals surface area contributed by atoms with Crippen molar-refractivity contribution in [3.05, 3.63) is 65.5 Å². The first kappa shape index (κ1) is 17.2. The van der Waals surface area contributed by atoms with E-state index in [9.17, 15) is 14.0 Å². The number of anilines is 1. The van der Waals surface area contributed by atoms with E-state index in [2.05, 4.69) is 5.32 Å². The molecule has 0 spiro atoms. The van der Waals surface area contributed by atoms with Gasteiger partial charge in [0.05, 0.1) is 5.69 Å². The first-order chi connectivity index (χ1) is 11.4. The predicted molar refractivity (Wildman–Crippen MR) is 89.9 cm³/mol. The SMILES string of the molecule is Cc1ccc(NC(=O)/C=C/c2ccc(OCC(N)=O)cc2)c(F)c1. The first-order valence-corrected chi connectivity index (χ1v) is 7.20. The predicted octanol–water partition coefficient (Wildman–Crippen LogP) is 2.65. The van der Waals surface area contributed by atoms with Gasteiger partial charge in [-0.2, -0.15) is 0 Å². The van der Waals surface area contributed by atoms with Crippen LogP contribution in [0.5, 0.6) is 5.75 Å². The van der Waals surface area contributed by atoms with Crippen LogP contribution in [0, 0.1) is 12.7 Å². The molecule has 0 bridgehead atoms. The summed E-state index contributed by atoms with van der Waals surface area (Å²) in [6.45, 7) is 1.57. The van der Waals surface area contributed by atoms with Gasteiger partial charge in [0.2, 0.25) is 5.91 Å². The number of halogens is 1. The molecule has 0 saturated carbocycles. The van der Waals surface area contributed by atoms with Crippen molar-refractivity contribution in [2.45, 2.75) is 6.92 Å². The molecule has 0 unspecified atom stereocenters. The van der Waals surface area contributed by atoms with E-state index >= 15 is 0 Å². The Morgan fingerprint density at radius 1 is 1.21 bits per heavy atom. The molecule has 0 aliphatic rings. The average molecular weight is 328 g/mol. The van der Waals surface area contributed by atoms with Crippen molar-refractivity contribution in [1.82, 2.24) is 0 Å². The number of ether oxygens (including phenoxy) is 1. The third kappa shape index (κ3) is 5.24. The molecule has 2 aromatic carbocycles. The minimum absolute atomic E-state index is 0.130. The molecule has 24 heavy (non-hydrogen) atoms. The van der Waals surface area contributed by atoms with Gasteiger partial charge in [-0.1, -0.05) is 18.2 Å². The lowest BCUT2D eigenvalue weighted by atomic mass is 10.2. The average Bonchev–Trinajstić information content (AvgIpc) is 2.54. The Bertz CT molecular complexity index is 770. The van der Waals surface area contributed by atoms with Crippen LogP contribution in [0.15, 0.2) is 48.5 Å². The van der Waals surface area contributed by atoms with Crippen LogP contribution in [0.4, 0.5) is 10.1 Å². The van der Waals surface area contributed by atoms with Crippen molar-refractivity contribution in [3.8, 4) is 5.75 Å². The van der Waals surface area contributed by atoms with Crippen molar-refractivity contribution in [1.29, 1.82) is 0 Å². The Balaban J connectivity index is 1.94. The van der Waals surface area contributed by atoms with Gasteiger partial charge in [-0.05, 0) is 48.4 Å². The Labute approximate surface area is 138 Å². The van der Waals surface area contributed by atoms with Gasteiger partial charge in [0.1, 0.15) is 11.6 Å². The molecule has 0 atom stereocenters. The van der Waals surface area contributed by atoms with E-state index in [0.717, 1.165) is 11.1 Å². The maximum Gasteiger partial charge on any atom is 0.255 e. The molecule has 0 saturated heterocycles. The van der Waals surface area contributed by atoms with E-state index in [0.29, 0.717) is 5.75 Å². The third-order valence-electron chi connectivity index (χ3n) is 3.07. The number of hydrogen-bond acceptors (Lipinski definition) is 3. The standard InChI is InChI=1S/C18H17FN2O3/c1-12-2-8-16(15(19)10-12)21-18(23)9-5-13-3-6-14(7-4-13)24-11-17(20)22/h2-10H,11H2,1H3,(H2,20,22)(H,21,23)/b9-5+. The summed E-state index contributed by atoms with van der Waals surface area (Å²) >= 11 is 0. The first-order valence-electron chi connectivity index (χ1n) is 7.20. The summed E-state index contributed by atoms with van der Waals surface area (Å²) < 4.78 is 18.8. The topological polar surface area (TPSA) is 81.4 Å². The summed E-state index contributed by atoms with van der Waals surface area (Å²) in [5, 5.41) is 2.48. The Hall–Kier alpha value is -3.15. The third-order valence-corrected chi connectivity index (χ3v) is 3.07. The van der Waals surface area contributed by atoms with Gasteiger partial charge in [0.15, 0.2) is 6.61 Å². The van der Waals surface area contributed by atoms with Gasteiger partial charge >= 0.3 is 0 Å². The molecular formula is C18H17FN2O3. The number of carbonyl (C=O) groups is 2. The molecule has 2 amide bonds. The zero-order valence-corrected chi connectivity index (χ0v) is 13.1. The highest BCUT2D eigenvalue weighted by Crippen LogP contribution is 2.16. The second kappa shape index (κ2) is 7.92. The largest absolute Gasteiger partial charge is 0.484 e. The number of amides is 2. The number of primary amides is 1. The van der Waals surface area contributed by atoms with Gasteiger partial charge in [-0.25, -0.2) is 4.39 Å². The zero-order chi connectivity index (χ0) is 17.5. The summed E-state index contributed by atoms with van der Waals surface area (Å²) in [5.74, 6) is -0.976. The van der Waals surface area contributed by atoms with Gasteiger partial charge in [-0.3, -0.25) is 9.59 Å². The number of hydrogen-bond donors (Lipinski definition) is 2. The fourth-order valence-electron chi connectivity index (χ4n) is 1.90. The van der Waals surface area contributed by atoms with Crippen LogP contribution in [-0.4, -0.2) is 18.4 Å². The van der Waals surface area contributed by atoms with Gasteiger partial charge in [-0.15, -0.1) is 0 Å². The zero-order valence-electron chi connectivity index (χ0n) is 13.1. The second-order valence-corrected chi connectivity index (χ2v) is 5.13. The van der Waals surface area contributed by atoms with Gasteiger partial charge in [0.25, 0.3) is 5.91 Å². The van der Waals surface area contributed by atoms with Crippen LogP contribution >= 0.6 is 0 Å². The normalized spacial score (nSPS) is 10.6. The Kier molecular flexibility index (Phi) is 5.68. The summed E-state index contributed by atoms with van der Waals surface area (Å²) in [7, 11) is 0. The Morgan fingerprint density at radius 2 is 1.92 bits per heavy atom. The summed E-state index contributed by atoms with van der Waals surface area (Å²) in [4.78, 5) is 22.5. The molecule has 3 N–H and O–H groups in total. The second-order valence-electron chi connectivity index (χ2n) is 5.13. The van der Waals surface area contributed by atoms with Crippen LogP contribution in [0.3, 0.4) is 0 Å². The van der Waals surface area contributed by atoms with Crippen LogP contribution in [-0.2, 0) is 9.59 Å². The summed E-state index contributed by atoms with van der Waals surface area (Å²) in [6.07, 6.45) is 2.89. The van der Waals surface area contributed by atoms with E-state index in [1.54, 1.807) is 43.3 Å². The lowest BCUT2D eigenvalue weighted by molar-refractivity contribution is -0.120. The fraction of sp³-hybridized carbons (Fsp3) is 0.111. The summed E-state index contributed by atoms with van der Waals surface area (Å²) in [6, 6.07) is 11.3. The molecule has 0 aromatic heterocycles. The lowest BCUT2D eigenvalue weighted by Crippen LogP contribution is -2.19. The van der Waals surface area contributed by atoms with Crippen molar-refractivity contribution in [3.63, 3.8) is 0 Å². The quantitative estimate of drug-likeness (QED) is 0.800. The highest BCUT2D eigenvalue weighted by atomic mass is 19.1. The minimum Gasteiger partial charge on any atom is -0.484 e. The van der Waals surface area contributed by atoms with Crippen LogP contribution in [0.25, 0.3) is 6.08 Å². The van der Waals surface area contributed by atoms with Crippen molar-refractivity contribution in [2.24, 2.45) is 5.73 Å². The van der Waals surface area contributed by atoms with E-state index in [1.807, 2.05) is 0 Å². The molecule has 0 heterocycles. The number of nitrogens with two attached hydrogens (primary N) is 1. The molecule has 124 valence electrons. The molecule has 2 aromatic rings. The Morgan fingerprint density at radius 3 is 2.54 bits per heavy atom. The molecule has 0 fully saturated rings. The maximum absolute atomic E-state index is 13.7. The molecule has 2 rings (SSSR count). The number of nitrogens with one attached hydrogen (secondary N) is 1. The number of aryl methyl sites for hydroxylation is 1. The lowest BCUT2D eigenvalue weighted by Gasteiger charge is -2.05. The van der Waals surface area contributed by atoms with Crippen molar-refractivity contribution >= 4 is 23.6 Å². The van der Waals surface area contributed by atoms with Gasteiger partial charge < -0.3 is 15.8 Å². The minimum atomic E-state index is -0.556. The number of benzene rings is 2. The monoisotopic (exact) mass is 328 g/mol. The van der Waals surface area contributed by atoms with E-state index in [1.165, 1.54) is 18.2 Å². The molecular weight excluding hydrogens is 311 g/mol. The van der Waals surface area contributed by atoms with Gasteiger partial charge in [0, 0.05) is 6.08 Å². The summed E-state index contributed by atoms with van der Waals surface area (Å²) in [5.41, 5.74) is 6.65. The number of rotatable bonds is 6. The number of carbonyl (C=O) groups excluding carboxylic acids is 2. The highest BCUT2D eigenvalue weighted by molar-refractivity contribution is 6.02. The smallest absolute Gasteiger partial charge is 0.255 e. The fourth-order valence-corrected chi connectivity index (χ4v) is 1.90. The van der Waals surface area contributed by atoms with Crippen LogP contribution in [0.1, 0.15) is 11.1 Å². The van der Waals surface area contributed by atoms with E-state index in [4.69, 9.17) is 10.5 Å². The molecule has 0 aliphatic heterocycles. The van der Waals surface area contributed by atoms with Crippen molar-refractivity contribution < 1.29 is 18.7 Å². The van der Waals surface area contributed by atoms with E-state index in [-0.39, 0.29) is 12.3 Å². The highest BCUT2D eigenvalue weighted by Gasteiger charge is 2.04. The van der Waals surface area contributed by atoms with Crippen LogP contribution in [0.2, 0.25) is 0 Å².